The summed E-state index contributed by atoms with van der Waals surface area (Å²) in [6.07, 6.45) is 9.78. The normalized spacial score (nSPS) is 33.8. The van der Waals surface area contributed by atoms with Gasteiger partial charge in [0.25, 0.3) is 0 Å². The Balaban J connectivity index is 0.000000234. The first-order valence-electron chi connectivity index (χ1n) is 16.8. The molecule has 3 aliphatic carbocycles. The number of nitrogens with zero attached hydrogens (tertiary/aromatic N) is 1. The van der Waals surface area contributed by atoms with Gasteiger partial charge in [0.1, 0.15) is 0 Å². The fourth-order valence-electron chi connectivity index (χ4n) is 4.60. The molecular formula is C36H73NO3. The molecule has 0 radical (unpaired) electrons. The van der Waals surface area contributed by atoms with E-state index in [4.69, 9.17) is 14.2 Å². The van der Waals surface area contributed by atoms with Crippen LogP contribution in [0.3, 0.4) is 0 Å². The van der Waals surface area contributed by atoms with Gasteiger partial charge in [-0.05, 0) is 115 Å². The highest BCUT2D eigenvalue weighted by molar-refractivity contribution is 4.82. The summed E-state index contributed by atoms with van der Waals surface area (Å²) in [6, 6.07) is 0. The summed E-state index contributed by atoms with van der Waals surface area (Å²) >= 11 is 0. The van der Waals surface area contributed by atoms with Crippen molar-refractivity contribution in [2.45, 2.75) is 146 Å². The second kappa shape index (κ2) is 16.6. The monoisotopic (exact) mass is 568 g/mol. The Bertz CT molecular complexity index is 573. The standard InChI is InChI=1S/C6H12.C5H11N.3C5H10O.2C5H10/c2*1-5-3-6(2)4-5;1-5(2)3-6-4-5;2*1-5(2)3-4-6-5;1-5(2)3-4-5;1-4-3-5(4)2/h5-6H,3-4H2,1-2H3;5H,3-4H2,1-2H3;3*3-4H2,1-2H3;3-4H2,1-2H3;4-5H,3H2,1-2H3. The van der Waals surface area contributed by atoms with Crippen LogP contribution in [-0.2, 0) is 14.2 Å². The Hall–Kier alpha value is -0.160. The molecule has 0 aromatic rings. The van der Waals surface area contributed by atoms with Gasteiger partial charge in [-0.3, -0.25) is 0 Å². The van der Waals surface area contributed by atoms with Gasteiger partial charge in [0.15, 0.2) is 0 Å². The van der Waals surface area contributed by atoms with Gasteiger partial charge >= 0.3 is 0 Å². The Morgan fingerprint density at radius 1 is 0.525 bits per heavy atom. The molecule has 4 heteroatoms. The molecule has 0 bridgehead atoms. The highest BCUT2D eigenvalue weighted by Gasteiger charge is 2.30. The van der Waals surface area contributed by atoms with Gasteiger partial charge in [-0.15, -0.1) is 0 Å². The van der Waals surface area contributed by atoms with Gasteiger partial charge in [-0.2, -0.15) is 0 Å². The van der Waals surface area contributed by atoms with Crippen molar-refractivity contribution in [3.8, 4) is 0 Å². The zero-order chi connectivity index (χ0) is 30.8. The van der Waals surface area contributed by atoms with Crippen LogP contribution in [0.2, 0.25) is 0 Å². The van der Waals surface area contributed by atoms with E-state index in [1.54, 1.807) is 0 Å². The average molecular weight is 568 g/mol. The van der Waals surface area contributed by atoms with Crippen molar-refractivity contribution < 1.29 is 14.2 Å². The van der Waals surface area contributed by atoms with Gasteiger partial charge in [0, 0.05) is 18.5 Å². The molecule has 0 amide bonds. The summed E-state index contributed by atoms with van der Waals surface area (Å²) < 4.78 is 15.2. The summed E-state index contributed by atoms with van der Waals surface area (Å²) in [7, 11) is 2.15. The molecule has 240 valence electrons. The van der Waals surface area contributed by atoms with E-state index in [2.05, 4.69) is 102 Å². The summed E-state index contributed by atoms with van der Waals surface area (Å²) in [5.74, 6) is 5.15. The van der Waals surface area contributed by atoms with Crippen molar-refractivity contribution in [3.05, 3.63) is 0 Å². The maximum absolute atomic E-state index is 5.12. The van der Waals surface area contributed by atoms with E-state index in [0.717, 1.165) is 61.4 Å². The molecule has 7 rings (SSSR count). The Morgan fingerprint density at radius 3 is 0.800 bits per heavy atom. The third-order valence-electron chi connectivity index (χ3n) is 9.00. The molecule has 0 aromatic carbocycles. The Kier molecular flexibility index (Phi) is 15.7. The summed E-state index contributed by atoms with van der Waals surface area (Å²) in [4.78, 5) is 2.32. The molecule has 0 N–H and O–H groups in total. The lowest BCUT2D eigenvalue weighted by Gasteiger charge is -2.34. The molecule has 4 aliphatic heterocycles. The van der Waals surface area contributed by atoms with E-state index >= 15 is 0 Å². The smallest absolute Gasteiger partial charge is 0.0648 e. The molecule has 2 unspecified atom stereocenters. The van der Waals surface area contributed by atoms with Crippen molar-refractivity contribution in [2.24, 2.45) is 40.4 Å². The number of likely N-dealkylation sites (tertiary alicyclic amines) is 1. The van der Waals surface area contributed by atoms with Crippen LogP contribution in [0.25, 0.3) is 0 Å². The lowest BCUT2D eigenvalue weighted by atomic mass is 9.78. The zero-order valence-corrected chi connectivity index (χ0v) is 29.8. The molecule has 2 atom stereocenters. The SMILES string of the molecule is CC1(C)CC1.CC1(C)CCO1.CC1(C)CCO1.CC1(C)COC1.CC1CC(C)C1.CC1CC1C.CC1CN(C)C1. The highest BCUT2D eigenvalue weighted by atomic mass is 16.5. The Morgan fingerprint density at radius 2 is 0.800 bits per heavy atom. The van der Waals surface area contributed by atoms with E-state index in [1.165, 1.54) is 58.0 Å². The number of hydrogen-bond donors (Lipinski definition) is 0. The first-order valence-corrected chi connectivity index (χ1v) is 16.8. The molecule has 40 heavy (non-hydrogen) atoms. The first-order chi connectivity index (χ1) is 18.2. The molecule has 4 saturated heterocycles. The minimum atomic E-state index is 0.222. The van der Waals surface area contributed by atoms with E-state index < -0.39 is 0 Å². The van der Waals surface area contributed by atoms with Gasteiger partial charge < -0.3 is 19.1 Å². The fourth-order valence-corrected chi connectivity index (χ4v) is 4.60. The van der Waals surface area contributed by atoms with Gasteiger partial charge in [-0.25, -0.2) is 0 Å². The maximum atomic E-state index is 5.12. The third-order valence-corrected chi connectivity index (χ3v) is 9.00. The Labute approximate surface area is 252 Å². The van der Waals surface area contributed by atoms with E-state index in [9.17, 15) is 0 Å². The van der Waals surface area contributed by atoms with Crippen LogP contribution in [0.5, 0.6) is 0 Å². The molecule has 7 aliphatic rings. The highest BCUT2D eigenvalue weighted by Crippen LogP contribution is 2.43. The minimum absolute atomic E-state index is 0.222. The minimum Gasteiger partial charge on any atom is -0.380 e. The van der Waals surface area contributed by atoms with Crippen LogP contribution in [0.4, 0.5) is 0 Å². The zero-order valence-electron chi connectivity index (χ0n) is 29.8. The van der Waals surface area contributed by atoms with Crippen molar-refractivity contribution in [1.82, 2.24) is 4.90 Å². The van der Waals surface area contributed by atoms with Gasteiger partial charge in [0.2, 0.25) is 0 Å². The number of hydrogen-bond acceptors (Lipinski definition) is 4. The summed E-state index contributed by atoms with van der Waals surface area (Å²) in [5, 5.41) is 0. The first kappa shape index (κ1) is 37.9. The number of rotatable bonds is 0. The fraction of sp³-hybridized carbons (Fsp3) is 1.00. The van der Waals surface area contributed by atoms with Crippen LogP contribution in [0, 0.1) is 40.4 Å². The van der Waals surface area contributed by atoms with E-state index in [1.807, 2.05) is 0 Å². The molecular weight excluding hydrogens is 494 g/mol. The van der Waals surface area contributed by atoms with E-state index in [0.29, 0.717) is 5.41 Å². The van der Waals surface area contributed by atoms with Gasteiger partial charge in [0.05, 0.1) is 37.6 Å². The predicted octanol–water partition coefficient (Wildman–Crippen LogP) is 9.50. The summed E-state index contributed by atoms with van der Waals surface area (Å²) in [5.41, 5.74) is 1.69. The molecule has 7 fully saturated rings. The molecule has 4 heterocycles. The molecule has 0 spiro atoms. The van der Waals surface area contributed by atoms with Crippen LogP contribution in [0.1, 0.15) is 135 Å². The van der Waals surface area contributed by atoms with Crippen LogP contribution in [0.15, 0.2) is 0 Å². The third kappa shape index (κ3) is 19.9. The topological polar surface area (TPSA) is 30.9 Å². The van der Waals surface area contributed by atoms with Crippen LogP contribution >= 0.6 is 0 Å². The van der Waals surface area contributed by atoms with Crippen LogP contribution in [-0.4, -0.2) is 62.7 Å². The lowest BCUT2D eigenvalue weighted by Crippen LogP contribution is -2.41. The van der Waals surface area contributed by atoms with E-state index in [-0.39, 0.29) is 11.2 Å². The number of ether oxygens (including phenoxy) is 3. The lowest BCUT2D eigenvalue weighted by molar-refractivity contribution is -0.120. The second-order valence-corrected chi connectivity index (χ2v) is 17.2. The molecule has 4 nitrogen and oxygen atoms in total. The van der Waals surface area contributed by atoms with Crippen LogP contribution < -0.4 is 0 Å². The quantitative estimate of drug-likeness (QED) is 0.292. The maximum Gasteiger partial charge on any atom is 0.0648 e. The average Bonchev–Trinajstić information content (AvgIpc) is 3.64. The van der Waals surface area contributed by atoms with Crippen molar-refractivity contribution >= 4 is 0 Å². The predicted molar refractivity (Wildman–Crippen MR) is 174 cm³/mol. The van der Waals surface area contributed by atoms with Gasteiger partial charge in [-0.1, -0.05) is 62.3 Å². The van der Waals surface area contributed by atoms with Crippen molar-refractivity contribution in [2.75, 3.05) is 46.6 Å². The van der Waals surface area contributed by atoms with Crippen molar-refractivity contribution in [1.29, 1.82) is 0 Å². The summed E-state index contributed by atoms with van der Waals surface area (Å²) in [6.45, 7) is 35.4. The largest absolute Gasteiger partial charge is 0.380 e. The van der Waals surface area contributed by atoms with Crippen molar-refractivity contribution in [3.63, 3.8) is 0 Å². The molecule has 3 saturated carbocycles. The molecule has 0 aromatic heterocycles. The second-order valence-electron chi connectivity index (χ2n) is 17.2.